The zero-order chi connectivity index (χ0) is 19.3. The Hall–Kier alpha value is -1.58. The Labute approximate surface area is 167 Å². The van der Waals surface area contributed by atoms with Gasteiger partial charge in [0.15, 0.2) is 0 Å². The molecule has 146 valence electrons. The zero-order valence-corrected chi connectivity index (χ0v) is 17.2. The van der Waals surface area contributed by atoms with Crippen molar-refractivity contribution in [3.63, 3.8) is 0 Å². The van der Waals surface area contributed by atoms with E-state index in [1.807, 2.05) is 24.3 Å². The fourth-order valence-electron chi connectivity index (χ4n) is 3.82. The normalized spacial score (nSPS) is 17.0. The van der Waals surface area contributed by atoms with Crippen molar-refractivity contribution >= 4 is 17.3 Å². The van der Waals surface area contributed by atoms with E-state index in [9.17, 15) is 0 Å². The fourth-order valence-corrected chi connectivity index (χ4v) is 4.04. The molecule has 0 radical (unpaired) electrons. The Morgan fingerprint density at radius 1 is 1.07 bits per heavy atom. The molecule has 1 saturated heterocycles. The summed E-state index contributed by atoms with van der Waals surface area (Å²) in [7, 11) is 0. The molecule has 1 atom stereocenters. The lowest BCUT2D eigenvalue weighted by Crippen LogP contribution is -2.43. The van der Waals surface area contributed by atoms with E-state index in [0.717, 1.165) is 44.6 Å². The highest BCUT2D eigenvalue weighted by molar-refractivity contribution is 6.22. The van der Waals surface area contributed by atoms with E-state index in [2.05, 4.69) is 42.3 Å². The van der Waals surface area contributed by atoms with Crippen LogP contribution >= 0.6 is 11.6 Å². The number of piperazine rings is 1. The molecule has 1 fully saturated rings. The van der Waals surface area contributed by atoms with Crippen LogP contribution in [0.4, 0.5) is 10.1 Å². The number of nitrogens with one attached hydrogen (secondary N) is 1. The molecule has 1 N–H and O–H groups in total. The van der Waals surface area contributed by atoms with Crippen LogP contribution < -0.4 is 10.2 Å². The first kappa shape index (κ1) is 20.2. The van der Waals surface area contributed by atoms with Crippen molar-refractivity contribution in [3.05, 3.63) is 64.7 Å². The number of rotatable bonds is 7. The molecule has 0 aliphatic carbocycles. The average molecular weight is 389 g/mol. The van der Waals surface area contributed by atoms with E-state index in [1.54, 1.807) is 0 Å². The minimum absolute atomic E-state index is 0.276. The third-order valence-electron chi connectivity index (χ3n) is 5.45. The lowest BCUT2D eigenvalue weighted by Gasteiger charge is -2.32. The Balaban J connectivity index is 1.79. The van der Waals surface area contributed by atoms with E-state index in [1.165, 1.54) is 16.8 Å². The largest absolute Gasteiger partial charge is 0.369 e. The molecule has 0 spiro atoms. The van der Waals surface area contributed by atoms with Gasteiger partial charge < -0.3 is 10.2 Å². The summed E-state index contributed by atoms with van der Waals surface area (Å²) >= 11 is 6.38. The van der Waals surface area contributed by atoms with Gasteiger partial charge in [0.1, 0.15) is 0 Å². The lowest BCUT2D eigenvalue weighted by molar-refractivity contribution is 0.265. The second-order valence-electron chi connectivity index (χ2n) is 7.46. The van der Waals surface area contributed by atoms with Gasteiger partial charge in [-0.1, -0.05) is 55.3 Å². The van der Waals surface area contributed by atoms with Gasteiger partial charge in [-0.2, -0.15) is 0 Å². The smallest absolute Gasteiger partial charge is 0.209 e. The Bertz CT molecular complexity index is 754. The van der Waals surface area contributed by atoms with Crippen molar-refractivity contribution in [1.29, 1.82) is 0 Å². The van der Waals surface area contributed by atoms with E-state index < -0.39 is 5.13 Å². The average Bonchev–Trinajstić information content (AvgIpc) is 2.68. The van der Waals surface area contributed by atoms with Crippen LogP contribution in [0.1, 0.15) is 42.0 Å². The highest BCUT2D eigenvalue weighted by atomic mass is 35.5. The molecule has 2 aromatic carbocycles. The zero-order valence-electron chi connectivity index (χ0n) is 16.4. The van der Waals surface area contributed by atoms with Crippen molar-refractivity contribution in [3.8, 4) is 0 Å². The number of nitrogens with zero attached hydrogens (tertiary/aromatic N) is 1. The maximum absolute atomic E-state index is 15.4. The number of alkyl halides is 2. The highest BCUT2D eigenvalue weighted by Crippen LogP contribution is 2.38. The van der Waals surface area contributed by atoms with Crippen LogP contribution in [-0.4, -0.2) is 26.2 Å². The van der Waals surface area contributed by atoms with Crippen molar-refractivity contribution in [1.82, 2.24) is 5.32 Å². The highest BCUT2D eigenvalue weighted by Gasteiger charge is 2.30. The quantitative estimate of drug-likeness (QED) is 0.643. The molecule has 0 saturated carbocycles. The first-order chi connectivity index (χ1) is 13.0. The van der Waals surface area contributed by atoms with Crippen LogP contribution in [0.5, 0.6) is 0 Å². The summed E-state index contributed by atoms with van der Waals surface area (Å²) < 4.78 is 15.4. The molecule has 3 rings (SSSR count). The standard InChI is InChI=1S/C23H30ClFN2/c1-3-6-20-17-21(9-10-22(20)27-15-13-26-14-16-27)23(24,25)12-11-19-8-5-4-7-18(19)2/h4-5,7-10,17,26H,3,6,11-16H2,1-2H3. The summed E-state index contributed by atoms with van der Waals surface area (Å²) in [5.41, 5.74) is 5.36. The van der Waals surface area contributed by atoms with Crippen LogP contribution in [-0.2, 0) is 18.0 Å². The summed E-state index contributed by atoms with van der Waals surface area (Å²) in [6.07, 6.45) is 2.89. The molecular weight excluding hydrogens is 359 g/mol. The molecule has 0 bridgehead atoms. The Morgan fingerprint density at radius 3 is 2.52 bits per heavy atom. The molecule has 0 aromatic heterocycles. The molecule has 1 unspecified atom stereocenters. The summed E-state index contributed by atoms with van der Waals surface area (Å²) in [5, 5.41) is 1.55. The molecule has 1 aliphatic rings. The summed E-state index contributed by atoms with van der Waals surface area (Å²) in [4.78, 5) is 2.40. The fraction of sp³-hybridized carbons (Fsp3) is 0.478. The van der Waals surface area contributed by atoms with E-state index in [-0.39, 0.29) is 6.42 Å². The molecule has 4 heteroatoms. The Morgan fingerprint density at radius 2 is 1.81 bits per heavy atom. The van der Waals surface area contributed by atoms with Crippen molar-refractivity contribution in [2.24, 2.45) is 0 Å². The van der Waals surface area contributed by atoms with E-state index >= 15 is 4.39 Å². The third kappa shape index (κ3) is 5.03. The maximum atomic E-state index is 15.4. The molecule has 27 heavy (non-hydrogen) atoms. The second-order valence-corrected chi connectivity index (χ2v) is 8.06. The van der Waals surface area contributed by atoms with Crippen LogP contribution in [0.25, 0.3) is 0 Å². The summed E-state index contributed by atoms with van der Waals surface area (Å²) in [5.74, 6) is 0. The van der Waals surface area contributed by atoms with Crippen molar-refractivity contribution in [2.45, 2.75) is 44.7 Å². The van der Waals surface area contributed by atoms with Gasteiger partial charge in [0.05, 0.1) is 0 Å². The van der Waals surface area contributed by atoms with Crippen LogP contribution in [0.15, 0.2) is 42.5 Å². The van der Waals surface area contributed by atoms with Gasteiger partial charge in [-0.05, 0) is 48.6 Å². The van der Waals surface area contributed by atoms with Gasteiger partial charge in [-0.15, -0.1) is 0 Å². The maximum Gasteiger partial charge on any atom is 0.209 e. The first-order valence-electron chi connectivity index (χ1n) is 10.0. The lowest BCUT2D eigenvalue weighted by atomic mass is 9.96. The first-order valence-corrected chi connectivity index (χ1v) is 10.4. The number of hydrogen-bond donors (Lipinski definition) is 1. The third-order valence-corrected chi connectivity index (χ3v) is 5.86. The van der Waals surface area contributed by atoms with Gasteiger partial charge in [0.25, 0.3) is 0 Å². The summed E-state index contributed by atoms with van der Waals surface area (Å²) in [6.45, 7) is 8.19. The minimum atomic E-state index is -1.84. The van der Waals surface area contributed by atoms with Gasteiger partial charge in [0, 0.05) is 43.9 Å². The molecular formula is C23H30ClFN2. The van der Waals surface area contributed by atoms with E-state index in [4.69, 9.17) is 11.6 Å². The van der Waals surface area contributed by atoms with Crippen molar-refractivity contribution < 1.29 is 4.39 Å². The minimum Gasteiger partial charge on any atom is -0.369 e. The number of benzene rings is 2. The van der Waals surface area contributed by atoms with Gasteiger partial charge in [0.2, 0.25) is 5.13 Å². The molecule has 0 amide bonds. The number of anilines is 1. The van der Waals surface area contributed by atoms with Crippen LogP contribution in [0.3, 0.4) is 0 Å². The number of halogens is 2. The topological polar surface area (TPSA) is 15.3 Å². The summed E-state index contributed by atoms with van der Waals surface area (Å²) in [6, 6.07) is 14.1. The molecule has 2 aromatic rings. The molecule has 1 aliphatic heterocycles. The number of hydrogen-bond acceptors (Lipinski definition) is 2. The second kappa shape index (κ2) is 9.07. The monoisotopic (exact) mass is 388 g/mol. The molecule has 2 nitrogen and oxygen atoms in total. The van der Waals surface area contributed by atoms with Gasteiger partial charge in [-0.3, -0.25) is 0 Å². The Kier molecular flexibility index (Phi) is 6.78. The SMILES string of the molecule is CCCc1cc(C(F)(Cl)CCc2ccccc2C)ccc1N1CCNCC1. The van der Waals surface area contributed by atoms with Crippen LogP contribution in [0.2, 0.25) is 0 Å². The predicted molar refractivity (Wildman–Crippen MR) is 114 cm³/mol. The predicted octanol–water partition coefficient (Wildman–Crippen LogP) is 5.35. The number of aryl methyl sites for hydroxylation is 3. The van der Waals surface area contributed by atoms with Crippen molar-refractivity contribution in [2.75, 3.05) is 31.1 Å². The van der Waals surface area contributed by atoms with Gasteiger partial charge in [-0.25, -0.2) is 4.39 Å². The van der Waals surface area contributed by atoms with Gasteiger partial charge >= 0.3 is 0 Å². The van der Waals surface area contributed by atoms with E-state index in [0.29, 0.717) is 12.0 Å². The van der Waals surface area contributed by atoms with Crippen LogP contribution in [0, 0.1) is 6.92 Å². The molecule has 1 heterocycles.